The lowest BCUT2D eigenvalue weighted by molar-refractivity contribution is 0.0662. The van der Waals surface area contributed by atoms with Crippen LogP contribution in [-0.2, 0) is 6.54 Å². The van der Waals surface area contributed by atoms with Crippen molar-refractivity contribution < 1.29 is 14.3 Å². The highest BCUT2D eigenvalue weighted by molar-refractivity contribution is 5.95. The number of carboxylic acids is 1. The Hall–Kier alpha value is -1.81. The summed E-state index contributed by atoms with van der Waals surface area (Å²) in [4.78, 5) is 11.3. The maximum absolute atomic E-state index is 11.3. The SMILES string of the molecule is CC1(NCc2c(C(=O)O)oc3ccccc23)CCC1. The van der Waals surface area contributed by atoms with E-state index in [9.17, 15) is 9.90 Å². The van der Waals surface area contributed by atoms with Crippen molar-refractivity contribution in [1.82, 2.24) is 5.32 Å². The summed E-state index contributed by atoms with van der Waals surface area (Å²) in [6, 6.07) is 7.46. The average molecular weight is 259 g/mol. The monoisotopic (exact) mass is 259 g/mol. The number of nitrogens with one attached hydrogen (secondary N) is 1. The molecule has 1 saturated carbocycles. The second kappa shape index (κ2) is 4.38. The smallest absolute Gasteiger partial charge is 0.372 e. The molecule has 2 aromatic rings. The highest BCUT2D eigenvalue weighted by atomic mass is 16.4. The quantitative estimate of drug-likeness (QED) is 0.885. The van der Waals surface area contributed by atoms with Crippen LogP contribution in [0.2, 0.25) is 0 Å². The Bertz CT molecular complexity index is 625. The van der Waals surface area contributed by atoms with Crippen LogP contribution in [0.1, 0.15) is 42.3 Å². The molecule has 0 saturated heterocycles. The lowest BCUT2D eigenvalue weighted by Crippen LogP contribution is -2.47. The van der Waals surface area contributed by atoms with Crippen LogP contribution in [0.3, 0.4) is 0 Å². The van der Waals surface area contributed by atoms with Gasteiger partial charge in [0.15, 0.2) is 0 Å². The Morgan fingerprint density at radius 1 is 1.42 bits per heavy atom. The molecule has 19 heavy (non-hydrogen) atoms. The zero-order chi connectivity index (χ0) is 13.5. The van der Waals surface area contributed by atoms with Gasteiger partial charge in [0.05, 0.1) is 0 Å². The normalized spacial score (nSPS) is 17.3. The lowest BCUT2D eigenvalue weighted by Gasteiger charge is -2.39. The first kappa shape index (κ1) is 12.2. The van der Waals surface area contributed by atoms with E-state index >= 15 is 0 Å². The highest BCUT2D eigenvalue weighted by Gasteiger charge is 2.32. The molecular weight excluding hydrogens is 242 g/mol. The third kappa shape index (κ3) is 2.12. The van der Waals surface area contributed by atoms with E-state index in [1.54, 1.807) is 6.07 Å². The fourth-order valence-corrected chi connectivity index (χ4v) is 2.63. The van der Waals surface area contributed by atoms with Crippen molar-refractivity contribution in [3.8, 4) is 0 Å². The topological polar surface area (TPSA) is 62.5 Å². The van der Waals surface area contributed by atoms with Gasteiger partial charge in [0.2, 0.25) is 5.76 Å². The molecule has 4 heteroatoms. The Morgan fingerprint density at radius 2 is 2.16 bits per heavy atom. The van der Waals surface area contributed by atoms with Gasteiger partial charge in [-0.25, -0.2) is 4.79 Å². The van der Waals surface area contributed by atoms with Gasteiger partial charge in [0.25, 0.3) is 0 Å². The molecule has 0 spiro atoms. The minimum absolute atomic E-state index is 0.0524. The summed E-state index contributed by atoms with van der Waals surface area (Å²) in [6.45, 7) is 2.72. The predicted octanol–water partition coefficient (Wildman–Crippen LogP) is 3.16. The van der Waals surface area contributed by atoms with E-state index in [1.807, 2.05) is 18.2 Å². The number of para-hydroxylation sites is 1. The Morgan fingerprint density at radius 3 is 2.79 bits per heavy atom. The van der Waals surface area contributed by atoms with Gasteiger partial charge in [-0.1, -0.05) is 18.2 Å². The number of aromatic carboxylic acids is 1. The summed E-state index contributed by atoms with van der Waals surface area (Å²) in [7, 11) is 0. The van der Waals surface area contributed by atoms with Crippen molar-refractivity contribution in [2.24, 2.45) is 0 Å². The molecule has 100 valence electrons. The van der Waals surface area contributed by atoms with E-state index in [0.29, 0.717) is 12.1 Å². The average Bonchev–Trinajstić information content (AvgIpc) is 2.73. The molecule has 0 unspecified atom stereocenters. The van der Waals surface area contributed by atoms with Crippen LogP contribution in [0.4, 0.5) is 0 Å². The fraction of sp³-hybridized carbons (Fsp3) is 0.400. The molecule has 0 atom stereocenters. The maximum atomic E-state index is 11.3. The number of carboxylic acid groups (broad SMARTS) is 1. The van der Waals surface area contributed by atoms with Crippen molar-refractivity contribution in [2.45, 2.75) is 38.3 Å². The van der Waals surface area contributed by atoms with Gasteiger partial charge < -0.3 is 14.8 Å². The number of benzene rings is 1. The van der Waals surface area contributed by atoms with E-state index in [-0.39, 0.29) is 11.3 Å². The number of carbonyl (C=O) groups is 1. The molecule has 1 aromatic heterocycles. The Kier molecular flexibility index (Phi) is 2.82. The van der Waals surface area contributed by atoms with Crippen LogP contribution in [-0.4, -0.2) is 16.6 Å². The molecule has 3 rings (SSSR count). The summed E-state index contributed by atoms with van der Waals surface area (Å²) in [5.41, 5.74) is 1.53. The van der Waals surface area contributed by atoms with E-state index in [0.717, 1.165) is 23.8 Å². The van der Waals surface area contributed by atoms with Crippen molar-refractivity contribution in [1.29, 1.82) is 0 Å². The first-order valence-corrected chi connectivity index (χ1v) is 6.58. The molecule has 1 heterocycles. The molecule has 1 aromatic carbocycles. The van der Waals surface area contributed by atoms with Gasteiger partial charge in [-0.3, -0.25) is 0 Å². The molecule has 0 radical (unpaired) electrons. The minimum Gasteiger partial charge on any atom is -0.475 e. The zero-order valence-electron chi connectivity index (χ0n) is 10.9. The lowest BCUT2D eigenvalue weighted by atomic mass is 9.78. The van der Waals surface area contributed by atoms with Crippen LogP contribution in [0.25, 0.3) is 11.0 Å². The number of hydrogen-bond acceptors (Lipinski definition) is 3. The predicted molar refractivity (Wildman–Crippen MR) is 72.3 cm³/mol. The van der Waals surface area contributed by atoms with Gasteiger partial charge >= 0.3 is 5.97 Å². The molecule has 2 N–H and O–H groups in total. The van der Waals surface area contributed by atoms with Gasteiger partial charge in [-0.05, 0) is 32.3 Å². The first-order chi connectivity index (χ1) is 9.09. The first-order valence-electron chi connectivity index (χ1n) is 6.58. The Balaban J connectivity index is 1.95. The van der Waals surface area contributed by atoms with Crippen LogP contribution < -0.4 is 5.32 Å². The van der Waals surface area contributed by atoms with Gasteiger partial charge in [-0.15, -0.1) is 0 Å². The van der Waals surface area contributed by atoms with Crippen molar-refractivity contribution >= 4 is 16.9 Å². The molecule has 4 nitrogen and oxygen atoms in total. The number of hydrogen-bond donors (Lipinski definition) is 2. The molecule has 0 aliphatic heterocycles. The zero-order valence-corrected chi connectivity index (χ0v) is 10.9. The largest absolute Gasteiger partial charge is 0.475 e. The highest BCUT2D eigenvalue weighted by Crippen LogP contribution is 2.32. The standard InChI is InChI=1S/C15H17NO3/c1-15(7-4-8-15)16-9-11-10-5-2-3-6-12(10)19-13(11)14(17)18/h2-3,5-6,16H,4,7-9H2,1H3,(H,17,18). The second-order valence-corrected chi connectivity index (χ2v) is 5.48. The second-order valence-electron chi connectivity index (χ2n) is 5.48. The van der Waals surface area contributed by atoms with Crippen LogP contribution in [0.15, 0.2) is 28.7 Å². The van der Waals surface area contributed by atoms with Gasteiger partial charge in [-0.2, -0.15) is 0 Å². The molecule has 1 fully saturated rings. The van der Waals surface area contributed by atoms with E-state index in [2.05, 4.69) is 12.2 Å². The van der Waals surface area contributed by atoms with E-state index < -0.39 is 5.97 Å². The third-order valence-corrected chi connectivity index (χ3v) is 4.04. The van der Waals surface area contributed by atoms with Crippen molar-refractivity contribution in [2.75, 3.05) is 0 Å². The summed E-state index contributed by atoms with van der Waals surface area (Å²) < 4.78 is 5.44. The van der Waals surface area contributed by atoms with Crippen LogP contribution in [0.5, 0.6) is 0 Å². The molecule has 0 amide bonds. The van der Waals surface area contributed by atoms with Crippen LogP contribution in [0, 0.1) is 0 Å². The number of rotatable bonds is 4. The van der Waals surface area contributed by atoms with Gasteiger partial charge in [0, 0.05) is 23.0 Å². The summed E-state index contributed by atoms with van der Waals surface area (Å²) in [6.07, 6.45) is 3.53. The Labute approximate surface area is 111 Å². The summed E-state index contributed by atoms with van der Waals surface area (Å²) in [5, 5.41) is 13.6. The van der Waals surface area contributed by atoms with Crippen molar-refractivity contribution in [3.05, 3.63) is 35.6 Å². The summed E-state index contributed by atoms with van der Waals surface area (Å²) >= 11 is 0. The molecular formula is C15H17NO3. The summed E-state index contributed by atoms with van der Waals surface area (Å²) in [5.74, 6) is -0.955. The molecule has 1 aliphatic carbocycles. The molecule has 1 aliphatic rings. The number of furan rings is 1. The van der Waals surface area contributed by atoms with Gasteiger partial charge in [0.1, 0.15) is 5.58 Å². The number of fused-ring (bicyclic) bond motifs is 1. The van der Waals surface area contributed by atoms with Crippen LogP contribution >= 0.6 is 0 Å². The van der Waals surface area contributed by atoms with E-state index in [4.69, 9.17) is 4.42 Å². The fourth-order valence-electron chi connectivity index (χ4n) is 2.63. The maximum Gasteiger partial charge on any atom is 0.372 e. The molecule has 0 bridgehead atoms. The van der Waals surface area contributed by atoms with Crippen molar-refractivity contribution in [3.63, 3.8) is 0 Å². The third-order valence-electron chi connectivity index (χ3n) is 4.04. The minimum atomic E-state index is -1.01. The van der Waals surface area contributed by atoms with E-state index in [1.165, 1.54) is 6.42 Å².